The first-order valence-electron chi connectivity index (χ1n) is 10.0. The molecule has 0 spiro atoms. The molecule has 1 fully saturated rings. The van der Waals surface area contributed by atoms with Gasteiger partial charge >= 0.3 is 0 Å². The number of ether oxygens (including phenoxy) is 1. The number of hydrogen-bond donors (Lipinski definition) is 2. The number of benzene rings is 1. The highest BCUT2D eigenvalue weighted by molar-refractivity contribution is 5.85. The van der Waals surface area contributed by atoms with Gasteiger partial charge in [0.25, 0.3) is 0 Å². The normalized spacial score (nSPS) is 17.2. The van der Waals surface area contributed by atoms with Crippen molar-refractivity contribution >= 4 is 11.9 Å². The lowest BCUT2D eigenvalue weighted by Gasteiger charge is -2.33. The average Bonchev–Trinajstić information content (AvgIpc) is 2.71. The van der Waals surface area contributed by atoms with Crippen molar-refractivity contribution in [1.82, 2.24) is 20.4 Å². The van der Waals surface area contributed by atoms with E-state index in [-0.39, 0.29) is 18.5 Å². The van der Waals surface area contributed by atoms with Crippen molar-refractivity contribution in [2.45, 2.75) is 31.8 Å². The van der Waals surface area contributed by atoms with E-state index >= 15 is 0 Å². The summed E-state index contributed by atoms with van der Waals surface area (Å²) in [5.74, 6) is 0.685. The van der Waals surface area contributed by atoms with Crippen molar-refractivity contribution in [3.63, 3.8) is 0 Å². The van der Waals surface area contributed by atoms with Crippen LogP contribution in [-0.4, -0.2) is 81.7 Å². The molecule has 156 valence electrons. The van der Waals surface area contributed by atoms with E-state index in [0.29, 0.717) is 12.0 Å². The molecule has 28 heavy (non-hydrogen) atoms. The molecule has 1 atom stereocenters. The number of methoxy groups -OCH3 is 1. The number of nitrogens with zero attached hydrogens (tertiary/aromatic N) is 3. The van der Waals surface area contributed by atoms with E-state index in [1.165, 1.54) is 5.56 Å². The first-order valence-corrected chi connectivity index (χ1v) is 10.0. The molecule has 0 bridgehead atoms. The predicted molar refractivity (Wildman–Crippen MR) is 113 cm³/mol. The maximum Gasteiger partial charge on any atom is 0.243 e. The van der Waals surface area contributed by atoms with Crippen LogP contribution in [0.4, 0.5) is 0 Å². The minimum Gasteiger partial charge on any atom is -0.383 e. The van der Waals surface area contributed by atoms with Crippen molar-refractivity contribution in [2.75, 3.05) is 54.0 Å². The number of amides is 1. The molecule has 1 amide bonds. The molecule has 7 heteroatoms. The molecule has 2 rings (SSSR count). The third-order valence-electron chi connectivity index (χ3n) is 5.06. The molecule has 1 aromatic rings. The molecule has 1 aromatic carbocycles. The van der Waals surface area contributed by atoms with Gasteiger partial charge in [-0.25, -0.2) is 4.99 Å². The van der Waals surface area contributed by atoms with Gasteiger partial charge in [0.2, 0.25) is 5.91 Å². The van der Waals surface area contributed by atoms with Crippen LogP contribution in [0.2, 0.25) is 0 Å². The second kappa shape index (κ2) is 11.7. The lowest BCUT2D eigenvalue weighted by Crippen LogP contribution is -2.49. The second-order valence-corrected chi connectivity index (χ2v) is 7.48. The number of aliphatic imine (C=N–C) groups is 1. The highest BCUT2D eigenvalue weighted by Gasteiger charge is 2.20. The number of likely N-dealkylation sites (tertiary alicyclic amines) is 1. The Bertz CT molecular complexity index is 612. The Labute approximate surface area is 169 Å². The number of carbonyl (C=O) groups is 1. The van der Waals surface area contributed by atoms with Crippen LogP contribution in [0.3, 0.4) is 0 Å². The van der Waals surface area contributed by atoms with Gasteiger partial charge in [0.05, 0.1) is 12.6 Å². The van der Waals surface area contributed by atoms with Crippen LogP contribution >= 0.6 is 0 Å². The number of nitrogens with one attached hydrogen (secondary N) is 2. The van der Waals surface area contributed by atoms with Crippen LogP contribution in [0, 0.1) is 0 Å². The highest BCUT2D eigenvalue weighted by atomic mass is 16.5. The van der Waals surface area contributed by atoms with E-state index in [9.17, 15) is 4.79 Å². The maximum atomic E-state index is 12.0. The number of hydrogen-bond acceptors (Lipinski definition) is 4. The number of likely N-dealkylation sites (N-methyl/N-ethyl adjacent to an activating group) is 1. The standard InChI is InChI=1S/C21H35N5O2/c1-17(18-8-6-5-7-9-18)23-21(22-16-20(27)25(2)3)24-19-10-12-26(13-11-19)14-15-28-4/h5-9,17,19H,10-16H2,1-4H3,(H2,22,23,24). The smallest absolute Gasteiger partial charge is 0.243 e. The summed E-state index contributed by atoms with van der Waals surface area (Å²) in [5, 5.41) is 6.99. The van der Waals surface area contributed by atoms with E-state index in [1.807, 2.05) is 18.2 Å². The van der Waals surface area contributed by atoms with Gasteiger partial charge < -0.3 is 25.2 Å². The minimum atomic E-state index is -0.0113. The molecule has 0 radical (unpaired) electrons. The Balaban J connectivity index is 1.96. The van der Waals surface area contributed by atoms with Crippen LogP contribution < -0.4 is 10.6 Å². The second-order valence-electron chi connectivity index (χ2n) is 7.48. The molecule has 2 N–H and O–H groups in total. The summed E-state index contributed by atoms with van der Waals surface area (Å²) in [6.45, 7) is 6.07. The van der Waals surface area contributed by atoms with Crippen molar-refractivity contribution in [3.05, 3.63) is 35.9 Å². The van der Waals surface area contributed by atoms with E-state index in [0.717, 1.165) is 39.1 Å². The van der Waals surface area contributed by atoms with Gasteiger partial charge in [0, 0.05) is 46.9 Å². The zero-order chi connectivity index (χ0) is 20.4. The Morgan fingerprint density at radius 3 is 2.57 bits per heavy atom. The van der Waals surface area contributed by atoms with Gasteiger partial charge in [-0.05, 0) is 25.3 Å². The van der Waals surface area contributed by atoms with Crippen LogP contribution in [-0.2, 0) is 9.53 Å². The van der Waals surface area contributed by atoms with Crippen LogP contribution in [0.15, 0.2) is 35.3 Å². The predicted octanol–water partition coefficient (Wildman–Crippen LogP) is 1.48. The Morgan fingerprint density at radius 1 is 1.29 bits per heavy atom. The molecule has 0 aliphatic carbocycles. The lowest BCUT2D eigenvalue weighted by atomic mass is 10.1. The van der Waals surface area contributed by atoms with Gasteiger partial charge in [0.15, 0.2) is 5.96 Å². The van der Waals surface area contributed by atoms with Crippen molar-refractivity contribution < 1.29 is 9.53 Å². The molecule has 0 aromatic heterocycles. The van der Waals surface area contributed by atoms with Gasteiger partial charge in [-0.1, -0.05) is 30.3 Å². The molecule has 1 aliphatic heterocycles. The quantitative estimate of drug-likeness (QED) is 0.521. The Kier molecular flexibility index (Phi) is 9.23. The molecule has 1 aliphatic rings. The number of piperidine rings is 1. The van der Waals surface area contributed by atoms with Crippen molar-refractivity contribution in [2.24, 2.45) is 4.99 Å². The SMILES string of the molecule is COCCN1CCC(NC(=NCC(=O)N(C)C)NC(C)c2ccccc2)CC1. The summed E-state index contributed by atoms with van der Waals surface area (Å²) in [4.78, 5) is 20.5. The van der Waals surface area contributed by atoms with Gasteiger partial charge in [-0.3, -0.25) is 4.79 Å². The largest absolute Gasteiger partial charge is 0.383 e. The summed E-state index contributed by atoms with van der Waals surface area (Å²) in [5.41, 5.74) is 1.19. The van der Waals surface area contributed by atoms with Crippen molar-refractivity contribution in [3.8, 4) is 0 Å². The topological polar surface area (TPSA) is 69.2 Å². The fourth-order valence-electron chi connectivity index (χ4n) is 3.17. The van der Waals surface area contributed by atoms with Gasteiger partial charge in [-0.15, -0.1) is 0 Å². The van der Waals surface area contributed by atoms with Crippen molar-refractivity contribution in [1.29, 1.82) is 0 Å². The summed E-state index contributed by atoms with van der Waals surface area (Å²) in [7, 11) is 5.24. The monoisotopic (exact) mass is 389 g/mol. The Morgan fingerprint density at radius 2 is 1.96 bits per heavy atom. The summed E-state index contributed by atoms with van der Waals surface area (Å²) < 4.78 is 5.17. The fourth-order valence-corrected chi connectivity index (χ4v) is 3.17. The van der Waals surface area contributed by atoms with Crippen LogP contribution in [0.1, 0.15) is 31.4 Å². The minimum absolute atomic E-state index is 0.0113. The third-order valence-corrected chi connectivity index (χ3v) is 5.06. The lowest BCUT2D eigenvalue weighted by molar-refractivity contribution is -0.127. The molecular formula is C21H35N5O2. The Hall–Kier alpha value is -2.12. The molecule has 1 unspecified atom stereocenters. The first-order chi connectivity index (χ1) is 13.5. The first kappa shape index (κ1) is 22.2. The third kappa shape index (κ3) is 7.48. The summed E-state index contributed by atoms with van der Waals surface area (Å²) in [6.07, 6.45) is 2.09. The van der Waals surface area contributed by atoms with Crippen LogP contribution in [0.5, 0.6) is 0 Å². The number of rotatable bonds is 8. The molecule has 7 nitrogen and oxygen atoms in total. The highest BCUT2D eigenvalue weighted by Crippen LogP contribution is 2.13. The summed E-state index contributed by atoms with van der Waals surface area (Å²) >= 11 is 0. The van der Waals surface area contributed by atoms with E-state index in [2.05, 4.69) is 39.6 Å². The number of guanidine groups is 1. The van der Waals surface area contributed by atoms with Gasteiger partial charge in [-0.2, -0.15) is 0 Å². The molecular weight excluding hydrogens is 354 g/mol. The van der Waals surface area contributed by atoms with E-state index in [1.54, 1.807) is 26.1 Å². The summed E-state index contributed by atoms with van der Waals surface area (Å²) in [6, 6.07) is 10.7. The van der Waals surface area contributed by atoms with E-state index < -0.39 is 0 Å². The zero-order valence-electron chi connectivity index (χ0n) is 17.6. The fraction of sp³-hybridized carbons (Fsp3) is 0.619. The maximum absolute atomic E-state index is 12.0. The van der Waals surface area contributed by atoms with E-state index in [4.69, 9.17) is 4.74 Å². The van der Waals surface area contributed by atoms with Crippen LogP contribution in [0.25, 0.3) is 0 Å². The molecule has 0 saturated carbocycles. The number of carbonyl (C=O) groups excluding carboxylic acids is 1. The zero-order valence-corrected chi connectivity index (χ0v) is 17.6. The van der Waals surface area contributed by atoms with Gasteiger partial charge in [0.1, 0.15) is 6.54 Å². The molecule has 1 heterocycles. The molecule has 1 saturated heterocycles. The average molecular weight is 390 g/mol.